The van der Waals surface area contributed by atoms with Crippen LogP contribution in [0.15, 0.2) is 192 Å². The molecule has 11 aromatic rings. The zero-order valence-electron chi connectivity index (χ0n) is 30.1. The van der Waals surface area contributed by atoms with E-state index >= 15 is 0 Å². The second kappa shape index (κ2) is 13.3. The summed E-state index contributed by atoms with van der Waals surface area (Å²) in [5.41, 5.74) is 11.6. The Kier molecular flexibility index (Phi) is 7.64. The highest BCUT2D eigenvalue weighted by Crippen LogP contribution is 2.44. The van der Waals surface area contributed by atoms with E-state index in [1.165, 1.54) is 42.4 Å². The van der Waals surface area contributed by atoms with E-state index in [2.05, 4.69) is 127 Å². The quantitative estimate of drug-likeness (QED) is 0.171. The van der Waals surface area contributed by atoms with Crippen molar-refractivity contribution < 1.29 is 4.42 Å². The highest BCUT2D eigenvalue weighted by atomic mass is 32.1. The summed E-state index contributed by atoms with van der Waals surface area (Å²) in [7, 11) is 0. The first-order chi connectivity index (χ1) is 27.7. The molecule has 0 saturated heterocycles. The maximum Gasteiger partial charge on any atom is 0.164 e. The van der Waals surface area contributed by atoms with Crippen molar-refractivity contribution in [3.8, 4) is 67.5 Å². The molecule has 4 nitrogen and oxygen atoms in total. The normalized spacial score (nSPS) is 11.6. The molecule has 0 unspecified atom stereocenters. The van der Waals surface area contributed by atoms with Crippen molar-refractivity contribution in [1.82, 2.24) is 15.0 Å². The molecule has 8 aromatic carbocycles. The smallest absolute Gasteiger partial charge is 0.164 e. The zero-order chi connectivity index (χ0) is 37.0. The van der Waals surface area contributed by atoms with Crippen molar-refractivity contribution in [3.63, 3.8) is 0 Å². The standard InChI is InChI=1S/C51H31N3OS/c1-3-13-33(14-4-1)38-20-10-22-40-41-23-11-21-39(48(41)56-47(38)40)34-29-27-32(28-30-34)36-17-9-18-37(31-36)50-52-49(35-15-5-2-6-16-35)53-51(54-50)43-24-12-26-45-46(43)42-19-7-8-25-44(42)55-45/h1-31H. The fourth-order valence-corrected chi connectivity index (χ4v) is 9.25. The Morgan fingerprint density at radius 3 is 1.54 bits per heavy atom. The van der Waals surface area contributed by atoms with Crippen molar-refractivity contribution in [2.75, 3.05) is 0 Å². The largest absolute Gasteiger partial charge is 0.456 e. The van der Waals surface area contributed by atoms with Crippen LogP contribution in [-0.4, -0.2) is 15.0 Å². The van der Waals surface area contributed by atoms with E-state index in [9.17, 15) is 0 Å². The second-order valence-electron chi connectivity index (χ2n) is 13.9. The van der Waals surface area contributed by atoms with Crippen molar-refractivity contribution >= 4 is 53.4 Å². The number of thiophene rings is 1. The number of aromatic nitrogens is 3. The number of furan rings is 1. The third kappa shape index (κ3) is 5.48. The van der Waals surface area contributed by atoms with Gasteiger partial charge in [-0.15, -0.1) is 11.3 Å². The highest BCUT2D eigenvalue weighted by Gasteiger charge is 2.18. The van der Waals surface area contributed by atoms with Crippen LogP contribution in [0.4, 0.5) is 0 Å². The van der Waals surface area contributed by atoms with Gasteiger partial charge in [-0.2, -0.15) is 0 Å². The molecule has 0 aliphatic carbocycles. The molecule has 262 valence electrons. The van der Waals surface area contributed by atoms with Crippen LogP contribution in [0.1, 0.15) is 0 Å². The fourth-order valence-electron chi connectivity index (χ4n) is 7.88. The summed E-state index contributed by atoms with van der Waals surface area (Å²) >= 11 is 1.88. The summed E-state index contributed by atoms with van der Waals surface area (Å²) in [4.78, 5) is 15.2. The van der Waals surface area contributed by atoms with Crippen LogP contribution < -0.4 is 0 Å². The van der Waals surface area contributed by atoms with Crippen LogP contribution in [0.5, 0.6) is 0 Å². The van der Waals surface area contributed by atoms with E-state index in [0.717, 1.165) is 49.8 Å². The maximum atomic E-state index is 6.23. The van der Waals surface area contributed by atoms with Gasteiger partial charge in [0.15, 0.2) is 17.5 Å². The number of para-hydroxylation sites is 1. The molecule has 0 amide bonds. The van der Waals surface area contributed by atoms with Crippen LogP contribution in [0.3, 0.4) is 0 Å². The molecule has 0 radical (unpaired) electrons. The van der Waals surface area contributed by atoms with Crippen LogP contribution >= 0.6 is 11.3 Å². The minimum Gasteiger partial charge on any atom is -0.456 e. The molecule has 5 heteroatoms. The lowest BCUT2D eigenvalue weighted by molar-refractivity contribution is 0.669. The van der Waals surface area contributed by atoms with Crippen LogP contribution in [0, 0.1) is 0 Å². The van der Waals surface area contributed by atoms with Crippen LogP contribution in [0.2, 0.25) is 0 Å². The molecule has 0 aliphatic heterocycles. The molecule has 0 spiro atoms. The van der Waals surface area contributed by atoms with Gasteiger partial charge >= 0.3 is 0 Å². The first kappa shape index (κ1) is 32.2. The number of hydrogen-bond donors (Lipinski definition) is 0. The summed E-state index contributed by atoms with van der Waals surface area (Å²) in [6, 6.07) is 65.7. The number of rotatable bonds is 6. The van der Waals surface area contributed by atoms with E-state index in [0.29, 0.717) is 17.5 Å². The maximum absolute atomic E-state index is 6.23. The van der Waals surface area contributed by atoms with Gasteiger partial charge in [0, 0.05) is 47.6 Å². The number of hydrogen-bond acceptors (Lipinski definition) is 5. The Morgan fingerprint density at radius 1 is 0.321 bits per heavy atom. The first-order valence-electron chi connectivity index (χ1n) is 18.7. The predicted octanol–water partition coefficient (Wildman–Crippen LogP) is 14.1. The minimum atomic E-state index is 0.604. The molecule has 56 heavy (non-hydrogen) atoms. The zero-order valence-corrected chi connectivity index (χ0v) is 30.9. The molecular weight excluding hydrogens is 703 g/mol. The monoisotopic (exact) mass is 733 g/mol. The average Bonchev–Trinajstić information content (AvgIpc) is 3.86. The van der Waals surface area contributed by atoms with Gasteiger partial charge in [-0.1, -0.05) is 170 Å². The Labute approximate surface area is 327 Å². The van der Waals surface area contributed by atoms with E-state index in [1.54, 1.807) is 0 Å². The second-order valence-corrected chi connectivity index (χ2v) is 15.0. The average molecular weight is 734 g/mol. The summed E-state index contributed by atoms with van der Waals surface area (Å²) in [5, 5.41) is 4.62. The molecule has 0 saturated carbocycles. The van der Waals surface area contributed by atoms with Gasteiger partial charge in [0.25, 0.3) is 0 Å². The van der Waals surface area contributed by atoms with Crippen LogP contribution in [0.25, 0.3) is 110 Å². The van der Waals surface area contributed by atoms with Crippen LogP contribution in [-0.2, 0) is 0 Å². The summed E-state index contributed by atoms with van der Waals surface area (Å²) < 4.78 is 8.86. The Bertz CT molecular complexity index is 3240. The Hall–Kier alpha value is -7.21. The summed E-state index contributed by atoms with van der Waals surface area (Å²) in [5.74, 6) is 1.84. The number of benzene rings is 8. The molecular formula is C51H31N3OS. The van der Waals surface area contributed by atoms with Crippen molar-refractivity contribution in [2.45, 2.75) is 0 Å². The molecule has 0 bridgehead atoms. The molecule has 3 aromatic heterocycles. The molecule has 0 aliphatic rings. The lowest BCUT2D eigenvalue weighted by Crippen LogP contribution is -2.00. The van der Waals surface area contributed by atoms with E-state index in [-0.39, 0.29) is 0 Å². The van der Waals surface area contributed by atoms with Gasteiger partial charge in [0.05, 0.1) is 0 Å². The van der Waals surface area contributed by atoms with Gasteiger partial charge in [0.1, 0.15) is 11.2 Å². The molecule has 11 rings (SSSR count). The minimum absolute atomic E-state index is 0.604. The molecule has 0 N–H and O–H groups in total. The predicted molar refractivity (Wildman–Crippen MR) is 233 cm³/mol. The third-order valence-electron chi connectivity index (χ3n) is 10.6. The van der Waals surface area contributed by atoms with Gasteiger partial charge in [-0.25, -0.2) is 15.0 Å². The molecule has 0 atom stereocenters. The third-order valence-corrected chi connectivity index (χ3v) is 11.9. The number of fused-ring (bicyclic) bond motifs is 6. The van der Waals surface area contributed by atoms with Gasteiger partial charge in [0.2, 0.25) is 0 Å². The first-order valence-corrected chi connectivity index (χ1v) is 19.5. The van der Waals surface area contributed by atoms with Gasteiger partial charge in [-0.05, 0) is 51.6 Å². The SMILES string of the molecule is c1ccc(-c2nc(-c3cccc(-c4ccc(-c5cccc6c5sc5c(-c7ccccc7)cccc56)cc4)c3)nc(-c3cccc4oc5ccccc5c34)n2)cc1. The Morgan fingerprint density at radius 2 is 0.804 bits per heavy atom. The highest BCUT2D eigenvalue weighted by molar-refractivity contribution is 7.26. The van der Waals surface area contributed by atoms with E-state index in [4.69, 9.17) is 19.4 Å². The fraction of sp³-hybridized carbons (Fsp3) is 0. The van der Waals surface area contributed by atoms with E-state index < -0.39 is 0 Å². The number of nitrogens with zero attached hydrogens (tertiary/aromatic N) is 3. The summed E-state index contributed by atoms with van der Waals surface area (Å²) in [6.07, 6.45) is 0. The Balaban J connectivity index is 0.989. The lowest BCUT2D eigenvalue weighted by atomic mass is 9.97. The molecule has 3 heterocycles. The summed E-state index contributed by atoms with van der Waals surface area (Å²) in [6.45, 7) is 0. The van der Waals surface area contributed by atoms with Gasteiger partial charge in [-0.3, -0.25) is 0 Å². The van der Waals surface area contributed by atoms with Crippen molar-refractivity contribution in [3.05, 3.63) is 188 Å². The van der Waals surface area contributed by atoms with Gasteiger partial charge < -0.3 is 4.42 Å². The lowest BCUT2D eigenvalue weighted by Gasteiger charge is -2.11. The van der Waals surface area contributed by atoms with E-state index in [1.807, 2.05) is 72.0 Å². The van der Waals surface area contributed by atoms with Crippen molar-refractivity contribution in [1.29, 1.82) is 0 Å². The van der Waals surface area contributed by atoms with Crippen molar-refractivity contribution in [2.24, 2.45) is 0 Å². The topological polar surface area (TPSA) is 51.8 Å². The molecule has 0 fully saturated rings.